The second-order valence-corrected chi connectivity index (χ2v) is 19.4. The van der Waals surface area contributed by atoms with E-state index in [1.165, 1.54) is 109 Å². The van der Waals surface area contributed by atoms with Gasteiger partial charge in [0.05, 0.1) is 33.9 Å². The van der Waals surface area contributed by atoms with Gasteiger partial charge in [-0.3, -0.25) is 14.2 Å². The fraction of sp³-hybridized carbons (Fsp3) is 0.840. The number of allylic oxidation sites excluding steroid dienone is 4. The molecule has 0 aliphatic carbocycles. The Labute approximate surface area is 374 Å². The lowest BCUT2D eigenvalue weighted by Crippen LogP contribution is -2.37. The summed E-state index contributed by atoms with van der Waals surface area (Å²) >= 11 is 0. The molecule has 0 fully saturated rings. The fourth-order valence-electron chi connectivity index (χ4n) is 6.87. The number of rotatable bonds is 45. The van der Waals surface area contributed by atoms with E-state index in [1.54, 1.807) is 6.08 Å². The van der Waals surface area contributed by atoms with Gasteiger partial charge < -0.3 is 33.0 Å². The van der Waals surface area contributed by atoms with Gasteiger partial charge in [-0.2, -0.15) is 0 Å². The number of esters is 2. The van der Waals surface area contributed by atoms with Gasteiger partial charge in [0, 0.05) is 12.8 Å². The summed E-state index contributed by atoms with van der Waals surface area (Å²) in [5.74, 6) is -0.880. The van der Waals surface area contributed by atoms with Crippen LogP contribution in [0.15, 0.2) is 36.5 Å². The molecule has 0 radical (unpaired) electrons. The van der Waals surface area contributed by atoms with E-state index in [0.717, 1.165) is 57.8 Å². The minimum absolute atomic E-state index is 0.0420. The van der Waals surface area contributed by atoms with Crippen molar-refractivity contribution in [3.8, 4) is 0 Å². The van der Waals surface area contributed by atoms with Crippen LogP contribution < -0.4 is 4.89 Å². The average molecular weight is 884 g/mol. The van der Waals surface area contributed by atoms with Crippen molar-refractivity contribution in [3.05, 3.63) is 36.5 Å². The SMILES string of the molecule is CC/C=C/CC(O)/C=C/C=C/CCCCCCCC(=O)OC[C@H](COP(=O)([O-])OCC[N+](C)(C)C)OC(=O)CCCCCCCCCCCCCCCCCCCCCCC. The van der Waals surface area contributed by atoms with Crippen LogP contribution in [0.3, 0.4) is 0 Å². The number of carbonyl (C=O) groups excluding carboxylic acids is 2. The minimum atomic E-state index is -4.64. The van der Waals surface area contributed by atoms with Crippen LogP contribution >= 0.6 is 7.82 Å². The van der Waals surface area contributed by atoms with Crippen molar-refractivity contribution in [2.24, 2.45) is 0 Å². The van der Waals surface area contributed by atoms with Crippen LogP contribution in [-0.2, 0) is 32.7 Å². The molecule has 0 aromatic carbocycles. The molecule has 0 bridgehead atoms. The molecule has 2 unspecified atom stereocenters. The van der Waals surface area contributed by atoms with Crippen molar-refractivity contribution in [3.63, 3.8) is 0 Å². The topological polar surface area (TPSA) is 131 Å². The molecule has 358 valence electrons. The normalized spacial score (nSPS) is 14.3. The summed E-state index contributed by atoms with van der Waals surface area (Å²) in [4.78, 5) is 37.7. The monoisotopic (exact) mass is 884 g/mol. The maximum absolute atomic E-state index is 12.7. The highest BCUT2D eigenvalue weighted by Gasteiger charge is 2.21. The summed E-state index contributed by atoms with van der Waals surface area (Å²) < 4.78 is 34.0. The van der Waals surface area contributed by atoms with Crippen molar-refractivity contribution < 1.29 is 47.2 Å². The lowest BCUT2D eigenvalue weighted by molar-refractivity contribution is -0.870. The second kappa shape index (κ2) is 42.2. The Kier molecular flexibility index (Phi) is 40.9. The van der Waals surface area contributed by atoms with Gasteiger partial charge in [-0.05, 0) is 38.5 Å². The van der Waals surface area contributed by atoms with Gasteiger partial charge in [-0.1, -0.05) is 198 Å². The van der Waals surface area contributed by atoms with Gasteiger partial charge in [-0.25, -0.2) is 0 Å². The van der Waals surface area contributed by atoms with E-state index in [2.05, 4.69) is 26.0 Å². The molecule has 0 aliphatic rings. The smallest absolute Gasteiger partial charge is 0.306 e. The van der Waals surface area contributed by atoms with Crippen LogP contribution in [0, 0.1) is 0 Å². The first-order valence-corrected chi connectivity index (χ1v) is 26.3. The zero-order valence-electron chi connectivity index (χ0n) is 40.0. The quantitative estimate of drug-likeness (QED) is 0.0159. The molecule has 1 N–H and O–H groups in total. The van der Waals surface area contributed by atoms with Crippen LogP contribution in [0.25, 0.3) is 0 Å². The molecule has 11 heteroatoms. The van der Waals surface area contributed by atoms with E-state index in [1.807, 2.05) is 39.4 Å². The maximum Gasteiger partial charge on any atom is 0.306 e. The van der Waals surface area contributed by atoms with Gasteiger partial charge in [0.25, 0.3) is 7.82 Å². The molecule has 0 aromatic heterocycles. The second-order valence-electron chi connectivity index (χ2n) is 18.0. The van der Waals surface area contributed by atoms with Gasteiger partial charge in [-0.15, -0.1) is 0 Å². The number of phosphoric ester groups is 1. The zero-order chi connectivity index (χ0) is 45.1. The third kappa shape index (κ3) is 46.0. The summed E-state index contributed by atoms with van der Waals surface area (Å²) in [6.45, 7) is 4.00. The lowest BCUT2D eigenvalue weighted by atomic mass is 10.0. The number of aliphatic hydroxyl groups is 1. The molecule has 3 atom stereocenters. The predicted octanol–water partition coefficient (Wildman–Crippen LogP) is 12.8. The van der Waals surface area contributed by atoms with E-state index >= 15 is 0 Å². The molecular formula is C50H94NO9P. The number of unbranched alkanes of at least 4 members (excludes halogenated alkanes) is 25. The Bertz CT molecular complexity index is 1150. The number of quaternary nitrogens is 1. The van der Waals surface area contributed by atoms with Gasteiger partial charge in [0.1, 0.15) is 19.8 Å². The Morgan fingerprint density at radius 1 is 0.607 bits per heavy atom. The van der Waals surface area contributed by atoms with Crippen LogP contribution in [0.4, 0.5) is 0 Å². The van der Waals surface area contributed by atoms with E-state index < -0.39 is 38.6 Å². The van der Waals surface area contributed by atoms with E-state index in [4.69, 9.17) is 18.5 Å². The van der Waals surface area contributed by atoms with Gasteiger partial charge in [0.15, 0.2) is 6.10 Å². The number of hydrogen-bond acceptors (Lipinski definition) is 9. The van der Waals surface area contributed by atoms with Crippen molar-refractivity contribution >= 4 is 19.8 Å². The largest absolute Gasteiger partial charge is 0.756 e. The Morgan fingerprint density at radius 2 is 1.08 bits per heavy atom. The van der Waals surface area contributed by atoms with Crippen LogP contribution in [-0.4, -0.2) is 81.2 Å². The fourth-order valence-corrected chi connectivity index (χ4v) is 7.60. The van der Waals surface area contributed by atoms with Crippen LogP contribution in [0.2, 0.25) is 0 Å². The molecule has 0 rings (SSSR count). The number of aliphatic hydroxyl groups excluding tert-OH is 1. The van der Waals surface area contributed by atoms with E-state index in [0.29, 0.717) is 30.3 Å². The average Bonchev–Trinajstić information content (AvgIpc) is 3.21. The molecule has 61 heavy (non-hydrogen) atoms. The standard InChI is InChI=1S/C50H94NO9P/c1-6-8-10-11-12-13-14-15-16-17-18-19-20-21-22-23-24-27-31-34-38-42-50(54)60-48(46-59-61(55,56)58-44-43-51(3,4)5)45-57-49(53)41-37-33-30-28-25-26-29-32-36-40-47(52)39-35-9-7-2/h9,29,32,35-36,40,47-48,52H,6-8,10-28,30-31,33-34,37-39,41-46H2,1-5H3/b32-29+,35-9+,40-36+/t47?,48-/m1/s1. The van der Waals surface area contributed by atoms with Crippen molar-refractivity contribution in [2.45, 2.75) is 225 Å². The van der Waals surface area contributed by atoms with E-state index in [9.17, 15) is 24.2 Å². The Morgan fingerprint density at radius 3 is 1.57 bits per heavy atom. The van der Waals surface area contributed by atoms with Crippen LogP contribution in [0.1, 0.15) is 213 Å². The molecule has 0 amide bonds. The first-order valence-electron chi connectivity index (χ1n) is 24.8. The molecule has 0 heterocycles. The van der Waals surface area contributed by atoms with E-state index in [-0.39, 0.29) is 26.1 Å². The summed E-state index contributed by atoms with van der Waals surface area (Å²) in [6.07, 6.45) is 45.1. The number of phosphoric acid groups is 1. The number of carbonyl (C=O) groups is 2. The Hall–Kier alpha value is -1.81. The third-order valence-electron chi connectivity index (χ3n) is 10.8. The summed E-state index contributed by atoms with van der Waals surface area (Å²) in [7, 11) is 1.13. The first kappa shape index (κ1) is 59.2. The van der Waals surface area contributed by atoms with Crippen LogP contribution in [0.5, 0.6) is 0 Å². The molecule has 0 aliphatic heterocycles. The number of likely N-dealkylation sites (N-methyl/N-ethyl adjacent to an activating group) is 1. The highest BCUT2D eigenvalue weighted by molar-refractivity contribution is 7.45. The Balaban J connectivity index is 4.29. The zero-order valence-corrected chi connectivity index (χ0v) is 40.9. The highest BCUT2D eigenvalue weighted by atomic mass is 31.2. The first-order chi connectivity index (χ1) is 29.4. The number of ether oxygens (including phenoxy) is 2. The van der Waals surface area contributed by atoms with Gasteiger partial charge >= 0.3 is 11.9 Å². The van der Waals surface area contributed by atoms with Crippen molar-refractivity contribution in [2.75, 3.05) is 47.5 Å². The summed E-state index contributed by atoms with van der Waals surface area (Å²) in [6, 6.07) is 0. The molecule has 10 nitrogen and oxygen atoms in total. The summed E-state index contributed by atoms with van der Waals surface area (Å²) in [5.41, 5.74) is 0. The highest BCUT2D eigenvalue weighted by Crippen LogP contribution is 2.38. The molecular weight excluding hydrogens is 790 g/mol. The number of nitrogens with zero attached hydrogens (tertiary/aromatic N) is 1. The molecule has 0 spiro atoms. The molecule has 0 saturated heterocycles. The predicted molar refractivity (Wildman–Crippen MR) is 251 cm³/mol. The van der Waals surface area contributed by atoms with Crippen molar-refractivity contribution in [1.82, 2.24) is 0 Å². The summed E-state index contributed by atoms with van der Waals surface area (Å²) in [5, 5.41) is 9.89. The van der Waals surface area contributed by atoms with Crippen molar-refractivity contribution in [1.29, 1.82) is 0 Å². The van der Waals surface area contributed by atoms with Gasteiger partial charge in [0.2, 0.25) is 0 Å². The maximum atomic E-state index is 12.7. The third-order valence-corrected chi connectivity index (χ3v) is 11.7. The number of hydrogen-bond donors (Lipinski definition) is 1. The lowest BCUT2D eigenvalue weighted by Gasteiger charge is -2.28. The molecule has 0 saturated carbocycles. The minimum Gasteiger partial charge on any atom is -0.756 e. The molecule has 0 aromatic rings.